The second kappa shape index (κ2) is 8.84. The van der Waals surface area contributed by atoms with E-state index in [1.165, 1.54) is 11.3 Å². The number of halogens is 1. The molecule has 0 fully saturated rings. The van der Waals surface area contributed by atoms with Gasteiger partial charge in [0.15, 0.2) is 5.82 Å². The van der Waals surface area contributed by atoms with E-state index >= 15 is 0 Å². The first-order valence-corrected chi connectivity index (χ1v) is 10.0. The Morgan fingerprint density at radius 2 is 1.90 bits per heavy atom. The summed E-state index contributed by atoms with van der Waals surface area (Å²) in [4.78, 5) is 25.0. The van der Waals surface area contributed by atoms with Crippen LogP contribution in [0.5, 0.6) is 0 Å². The zero-order valence-electron chi connectivity index (χ0n) is 15.3. The van der Waals surface area contributed by atoms with Gasteiger partial charge in [0.25, 0.3) is 5.91 Å². The Labute approximate surface area is 179 Å². The number of H-pyrrole nitrogens is 1. The summed E-state index contributed by atoms with van der Waals surface area (Å²) < 4.78 is 0.673. The van der Waals surface area contributed by atoms with Gasteiger partial charge >= 0.3 is 0 Å². The third-order valence-corrected chi connectivity index (χ3v) is 5.29. The SMILES string of the molecule is O=C(CCNC(=O)c1ccc2n[nH]nc2c1)NNc1ccc(-c2ccc(Cl)s2)nn1. The van der Waals surface area contributed by atoms with Crippen LogP contribution < -0.4 is 16.2 Å². The van der Waals surface area contributed by atoms with Gasteiger partial charge in [0, 0.05) is 18.5 Å². The van der Waals surface area contributed by atoms with Crippen molar-refractivity contribution in [1.82, 2.24) is 36.4 Å². The molecule has 4 N–H and O–H groups in total. The minimum absolute atomic E-state index is 0.0875. The van der Waals surface area contributed by atoms with E-state index < -0.39 is 0 Å². The van der Waals surface area contributed by atoms with Gasteiger partial charge < -0.3 is 5.32 Å². The fourth-order valence-electron chi connectivity index (χ4n) is 2.55. The van der Waals surface area contributed by atoms with E-state index in [0.29, 0.717) is 32.4 Å². The zero-order chi connectivity index (χ0) is 20.9. The number of hydrogen-bond acceptors (Lipinski definition) is 8. The molecule has 4 aromatic rings. The Bertz CT molecular complexity index is 1190. The lowest BCUT2D eigenvalue weighted by molar-refractivity contribution is -0.120. The Morgan fingerprint density at radius 3 is 2.67 bits per heavy atom. The van der Waals surface area contributed by atoms with Crippen molar-refractivity contribution in [3.8, 4) is 10.6 Å². The highest BCUT2D eigenvalue weighted by Crippen LogP contribution is 2.29. The zero-order valence-corrected chi connectivity index (χ0v) is 16.9. The van der Waals surface area contributed by atoms with E-state index in [9.17, 15) is 9.59 Å². The summed E-state index contributed by atoms with van der Waals surface area (Å²) in [6.07, 6.45) is 0.0875. The molecule has 0 unspecified atom stereocenters. The van der Waals surface area contributed by atoms with Crippen molar-refractivity contribution in [3.05, 3.63) is 52.4 Å². The predicted molar refractivity (Wildman–Crippen MR) is 113 cm³/mol. The van der Waals surface area contributed by atoms with Gasteiger partial charge in [-0.25, -0.2) is 0 Å². The lowest BCUT2D eigenvalue weighted by Crippen LogP contribution is -2.34. The second-order valence-corrected chi connectivity index (χ2v) is 7.83. The van der Waals surface area contributed by atoms with Gasteiger partial charge in [0.1, 0.15) is 16.7 Å². The summed E-state index contributed by atoms with van der Waals surface area (Å²) >= 11 is 7.32. The van der Waals surface area contributed by atoms with Crippen molar-refractivity contribution < 1.29 is 9.59 Å². The average Bonchev–Trinajstić information content (AvgIpc) is 3.40. The summed E-state index contributed by atoms with van der Waals surface area (Å²) in [5.41, 5.74) is 7.60. The number of hydrazine groups is 1. The van der Waals surface area contributed by atoms with Gasteiger partial charge in [0.2, 0.25) is 5.91 Å². The molecule has 0 saturated carbocycles. The average molecular weight is 443 g/mol. The van der Waals surface area contributed by atoms with Gasteiger partial charge in [-0.15, -0.1) is 21.5 Å². The molecule has 0 saturated heterocycles. The quantitative estimate of drug-likeness (QED) is 0.322. The molecule has 4 rings (SSSR count). The van der Waals surface area contributed by atoms with Crippen LogP contribution in [0.2, 0.25) is 4.34 Å². The molecule has 0 atom stereocenters. The molecule has 0 bridgehead atoms. The van der Waals surface area contributed by atoms with E-state index in [1.54, 1.807) is 36.4 Å². The van der Waals surface area contributed by atoms with Crippen LogP contribution in [0.25, 0.3) is 21.6 Å². The van der Waals surface area contributed by atoms with Crippen LogP contribution in [0.1, 0.15) is 16.8 Å². The molecule has 0 spiro atoms. The summed E-state index contributed by atoms with van der Waals surface area (Å²) in [6.45, 7) is 0.174. The molecule has 12 heteroatoms. The normalized spacial score (nSPS) is 10.7. The molecule has 152 valence electrons. The number of fused-ring (bicyclic) bond motifs is 1. The van der Waals surface area contributed by atoms with Crippen molar-refractivity contribution >= 4 is 51.6 Å². The highest BCUT2D eigenvalue weighted by molar-refractivity contribution is 7.19. The largest absolute Gasteiger partial charge is 0.352 e. The van der Waals surface area contributed by atoms with E-state index in [2.05, 4.69) is 41.8 Å². The third-order valence-electron chi connectivity index (χ3n) is 4.04. The maximum absolute atomic E-state index is 12.2. The second-order valence-electron chi connectivity index (χ2n) is 6.11. The first-order valence-electron chi connectivity index (χ1n) is 8.81. The van der Waals surface area contributed by atoms with Gasteiger partial charge in [-0.05, 0) is 42.5 Å². The van der Waals surface area contributed by atoms with Crippen LogP contribution in [-0.2, 0) is 4.79 Å². The van der Waals surface area contributed by atoms with E-state index in [-0.39, 0.29) is 24.8 Å². The van der Waals surface area contributed by atoms with Crippen LogP contribution >= 0.6 is 22.9 Å². The van der Waals surface area contributed by atoms with Crippen molar-refractivity contribution in [2.75, 3.05) is 12.0 Å². The first-order chi connectivity index (χ1) is 14.6. The number of nitrogens with one attached hydrogen (secondary N) is 4. The van der Waals surface area contributed by atoms with Crippen LogP contribution in [-0.4, -0.2) is 44.0 Å². The van der Waals surface area contributed by atoms with Crippen LogP contribution in [0.3, 0.4) is 0 Å². The van der Waals surface area contributed by atoms with E-state index in [0.717, 1.165) is 4.88 Å². The molecule has 3 heterocycles. The van der Waals surface area contributed by atoms with Gasteiger partial charge in [0.05, 0.1) is 9.21 Å². The number of aromatic nitrogens is 5. The maximum Gasteiger partial charge on any atom is 0.251 e. The number of anilines is 1. The number of carbonyl (C=O) groups excluding carboxylic acids is 2. The fourth-order valence-corrected chi connectivity index (χ4v) is 3.56. The Morgan fingerprint density at radius 1 is 1.03 bits per heavy atom. The number of carbonyl (C=O) groups is 2. The number of hydrogen-bond donors (Lipinski definition) is 4. The summed E-state index contributed by atoms with van der Waals surface area (Å²) in [7, 11) is 0. The number of amides is 2. The highest BCUT2D eigenvalue weighted by atomic mass is 35.5. The van der Waals surface area contributed by atoms with Crippen molar-refractivity contribution in [2.45, 2.75) is 6.42 Å². The third kappa shape index (κ3) is 4.70. The molecule has 0 aliphatic carbocycles. The number of rotatable bonds is 7. The predicted octanol–water partition coefficient (Wildman–Crippen LogP) is 2.39. The molecule has 2 amide bonds. The molecular formula is C18H15ClN8O2S. The molecule has 0 aliphatic heterocycles. The van der Waals surface area contributed by atoms with Crippen molar-refractivity contribution in [2.24, 2.45) is 0 Å². The monoisotopic (exact) mass is 442 g/mol. The van der Waals surface area contributed by atoms with Gasteiger partial charge in [-0.1, -0.05) is 11.6 Å². The number of benzene rings is 1. The van der Waals surface area contributed by atoms with Crippen molar-refractivity contribution in [3.63, 3.8) is 0 Å². The molecular weight excluding hydrogens is 428 g/mol. The van der Waals surface area contributed by atoms with Crippen molar-refractivity contribution in [1.29, 1.82) is 0 Å². The lowest BCUT2D eigenvalue weighted by Gasteiger charge is -2.08. The highest BCUT2D eigenvalue weighted by Gasteiger charge is 2.09. The Kier molecular flexibility index (Phi) is 5.82. The molecule has 10 nitrogen and oxygen atoms in total. The lowest BCUT2D eigenvalue weighted by atomic mass is 10.2. The first kappa shape index (κ1) is 19.7. The molecule has 30 heavy (non-hydrogen) atoms. The Hall–Kier alpha value is -3.57. The smallest absolute Gasteiger partial charge is 0.251 e. The van der Waals surface area contributed by atoms with Crippen LogP contribution in [0, 0.1) is 0 Å². The van der Waals surface area contributed by atoms with Crippen LogP contribution in [0.4, 0.5) is 5.82 Å². The summed E-state index contributed by atoms with van der Waals surface area (Å²) in [6, 6.07) is 12.1. The molecule has 0 aliphatic rings. The standard InChI is InChI=1S/C18H15ClN8O2S/c19-15-5-4-14(30-15)12-3-6-16(24-21-12)25-26-17(28)7-8-20-18(29)10-1-2-11-13(9-10)23-27-22-11/h1-6,9H,7-8H2,(H,20,29)(H,24,25)(H,26,28)(H,22,23,27). The maximum atomic E-state index is 12.2. The fraction of sp³-hybridized carbons (Fsp3) is 0.111. The molecule has 1 aromatic carbocycles. The molecule has 0 radical (unpaired) electrons. The number of thiophene rings is 1. The Balaban J connectivity index is 1.21. The number of nitrogens with zero attached hydrogens (tertiary/aromatic N) is 4. The van der Waals surface area contributed by atoms with Crippen LogP contribution in [0.15, 0.2) is 42.5 Å². The summed E-state index contributed by atoms with van der Waals surface area (Å²) in [5, 5.41) is 21.2. The minimum Gasteiger partial charge on any atom is -0.352 e. The topological polar surface area (TPSA) is 138 Å². The summed E-state index contributed by atoms with van der Waals surface area (Å²) in [5.74, 6) is -0.214. The van der Waals surface area contributed by atoms with E-state index in [1.807, 2.05) is 6.07 Å². The van der Waals surface area contributed by atoms with Gasteiger partial charge in [-0.2, -0.15) is 15.4 Å². The minimum atomic E-state index is -0.307. The van der Waals surface area contributed by atoms with Gasteiger partial charge in [-0.3, -0.25) is 20.4 Å². The molecule has 3 aromatic heterocycles. The number of aromatic amines is 1. The van der Waals surface area contributed by atoms with E-state index in [4.69, 9.17) is 11.6 Å².